The molecule has 1 heterocycles. The number of benzene rings is 2. The number of aromatic nitrogens is 2. The van der Waals surface area contributed by atoms with E-state index in [1.54, 1.807) is 35.1 Å². The van der Waals surface area contributed by atoms with Gasteiger partial charge in [-0.05, 0) is 42.0 Å². The van der Waals surface area contributed by atoms with Crippen LogP contribution in [0.3, 0.4) is 0 Å². The molecule has 0 aliphatic heterocycles. The Kier molecular flexibility index (Phi) is 4.93. The molecule has 0 amide bonds. The molecule has 3 aromatic rings. The standard InChI is InChI=1S/C16H13BrClN3O2S/c17-13-3-7-16(8-4-13)24(22,23)20-15-9-19-21(11-15)10-12-1-5-14(18)6-2-12/h1-9,11,20H,10H2. The zero-order valence-electron chi connectivity index (χ0n) is 12.4. The molecule has 2 aromatic carbocycles. The maximum atomic E-state index is 12.3. The Hall–Kier alpha value is -1.83. The first-order chi connectivity index (χ1) is 11.4. The highest BCUT2D eigenvalue weighted by molar-refractivity contribution is 9.10. The van der Waals surface area contributed by atoms with E-state index in [9.17, 15) is 8.42 Å². The molecule has 0 unspecified atom stereocenters. The van der Waals surface area contributed by atoms with Gasteiger partial charge in [0.2, 0.25) is 0 Å². The van der Waals surface area contributed by atoms with Gasteiger partial charge in [0.25, 0.3) is 10.0 Å². The van der Waals surface area contributed by atoms with Gasteiger partial charge in [0.15, 0.2) is 0 Å². The highest BCUT2D eigenvalue weighted by atomic mass is 79.9. The molecule has 0 saturated heterocycles. The van der Waals surface area contributed by atoms with Crippen molar-refractivity contribution in [3.8, 4) is 0 Å². The van der Waals surface area contributed by atoms with Gasteiger partial charge in [0.1, 0.15) is 0 Å². The van der Waals surface area contributed by atoms with Crippen LogP contribution in [-0.4, -0.2) is 18.2 Å². The van der Waals surface area contributed by atoms with Crippen LogP contribution < -0.4 is 4.72 Å². The van der Waals surface area contributed by atoms with Gasteiger partial charge in [-0.2, -0.15) is 5.10 Å². The van der Waals surface area contributed by atoms with E-state index in [4.69, 9.17) is 11.6 Å². The summed E-state index contributed by atoms with van der Waals surface area (Å²) in [7, 11) is -3.64. The smallest absolute Gasteiger partial charge is 0.261 e. The summed E-state index contributed by atoms with van der Waals surface area (Å²) < 4.78 is 29.7. The van der Waals surface area contributed by atoms with Crippen molar-refractivity contribution in [3.63, 3.8) is 0 Å². The van der Waals surface area contributed by atoms with Crippen molar-refractivity contribution in [2.24, 2.45) is 0 Å². The lowest BCUT2D eigenvalue weighted by Gasteiger charge is -2.06. The summed E-state index contributed by atoms with van der Waals surface area (Å²) in [5, 5.41) is 4.84. The lowest BCUT2D eigenvalue weighted by molar-refractivity contribution is 0.601. The first-order valence-electron chi connectivity index (χ1n) is 6.98. The van der Waals surface area contributed by atoms with Gasteiger partial charge in [-0.3, -0.25) is 9.40 Å². The number of nitrogens with one attached hydrogen (secondary N) is 1. The maximum absolute atomic E-state index is 12.3. The van der Waals surface area contributed by atoms with Crippen molar-refractivity contribution >= 4 is 43.2 Å². The third-order valence-corrected chi connectivity index (χ3v) is 5.45. The largest absolute Gasteiger partial charge is 0.276 e. The molecule has 0 fully saturated rings. The third-order valence-electron chi connectivity index (χ3n) is 3.27. The van der Waals surface area contributed by atoms with Crippen LogP contribution >= 0.6 is 27.5 Å². The quantitative estimate of drug-likeness (QED) is 0.666. The summed E-state index contributed by atoms with van der Waals surface area (Å²) in [5.74, 6) is 0. The Morgan fingerprint density at radius 3 is 2.42 bits per heavy atom. The number of hydrogen-bond donors (Lipinski definition) is 1. The Balaban J connectivity index is 1.73. The summed E-state index contributed by atoms with van der Waals surface area (Å²) in [4.78, 5) is 0.191. The van der Waals surface area contributed by atoms with Crippen molar-refractivity contribution in [3.05, 3.63) is 76.0 Å². The number of nitrogens with zero attached hydrogens (tertiary/aromatic N) is 2. The summed E-state index contributed by atoms with van der Waals surface area (Å²) in [5.41, 5.74) is 1.43. The molecule has 0 atom stereocenters. The van der Waals surface area contributed by atoms with Crippen LogP contribution in [-0.2, 0) is 16.6 Å². The van der Waals surface area contributed by atoms with Gasteiger partial charge in [0.05, 0.1) is 23.3 Å². The zero-order valence-corrected chi connectivity index (χ0v) is 15.5. The van der Waals surface area contributed by atoms with E-state index in [1.165, 1.54) is 18.3 Å². The maximum Gasteiger partial charge on any atom is 0.261 e. The Morgan fingerprint density at radius 1 is 1.08 bits per heavy atom. The number of halogens is 2. The van der Waals surface area contributed by atoms with Crippen molar-refractivity contribution in [2.45, 2.75) is 11.4 Å². The van der Waals surface area contributed by atoms with E-state index in [1.807, 2.05) is 12.1 Å². The highest BCUT2D eigenvalue weighted by Gasteiger charge is 2.15. The molecule has 24 heavy (non-hydrogen) atoms. The van der Waals surface area contributed by atoms with Gasteiger partial charge in [0, 0.05) is 15.7 Å². The Bertz CT molecular complexity index is 938. The molecule has 0 bridgehead atoms. The van der Waals surface area contributed by atoms with Crippen molar-refractivity contribution in [1.29, 1.82) is 0 Å². The molecule has 0 spiro atoms. The number of hydrogen-bond acceptors (Lipinski definition) is 3. The summed E-state index contributed by atoms with van der Waals surface area (Å²) in [6.07, 6.45) is 3.12. The molecular weight excluding hydrogens is 414 g/mol. The second-order valence-corrected chi connectivity index (χ2v) is 8.15. The molecule has 0 saturated carbocycles. The van der Waals surface area contributed by atoms with Crippen LogP contribution in [0.15, 0.2) is 70.3 Å². The third kappa shape index (κ3) is 4.17. The second-order valence-electron chi connectivity index (χ2n) is 5.11. The molecule has 1 aromatic heterocycles. The Morgan fingerprint density at radius 2 is 1.75 bits per heavy atom. The van der Waals surface area contributed by atoms with Crippen LogP contribution in [0.1, 0.15) is 5.56 Å². The fourth-order valence-corrected chi connectivity index (χ4v) is 3.53. The first kappa shape index (κ1) is 17.0. The van der Waals surface area contributed by atoms with Gasteiger partial charge in [-0.1, -0.05) is 39.7 Å². The number of anilines is 1. The van der Waals surface area contributed by atoms with Crippen LogP contribution in [0.2, 0.25) is 5.02 Å². The van der Waals surface area contributed by atoms with Crippen LogP contribution in [0.5, 0.6) is 0 Å². The molecule has 5 nitrogen and oxygen atoms in total. The van der Waals surface area contributed by atoms with E-state index < -0.39 is 10.0 Å². The van der Waals surface area contributed by atoms with Gasteiger partial charge >= 0.3 is 0 Å². The van der Waals surface area contributed by atoms with Crippen LogP contribution in [0.4, 0.5) is 5.69 Å². The normalized spacial score (nSPS) is 11.4. The van der Waals surface area contributed by atoms with E-state index in [0.29, 0.717) is 17.3 Å². The van der Waals surface area contributed by atoms with E-state index in [2.05, 4.69) is 25.8 Å². The van der Waals surface area contributed by atoms with Gasteiger partial charge in [-0.15, -0.1) is 0 Å². The SMILES string of the molecule is O=S(=O)(Nc1cnn(Cc2ccc(Cl)cc2)c1)c1ccc(Br)cc1. The number of sulfonamides is 1. The Labute approximate surface area is 153 Å². The van der Waals surface area contributed by atoms with Crippen molar-refractivity contribution in [2.75, 3.05) is 4.72 Å². The minimum Gasteiger partial charge on any atom is -0.276 e. The summed E-state index contributed by atoms with van der Waals surface area (Å²) in [6, 6.07) is 13.8. The van der Waals surface area contributed by atoms with Gasteiger partial charge < -0.3 is 0 Å². The predicted molar refractivity (Wildman–Crippen MR) is 97.7 cm³/mol. The topological polar surface area (TPSA) is 64.0 Å². The molecule has 124 valence electrons. The molecule has 0 radical (unpaired) electrons. The molecule has 0 aliphatic rings. The van der Waals surface area contributed by atoms with E-state index >= 15 is 0 Å². The molecule has 8 heteroatoms. The lowest BCUT2D eigenvalue weighted by Crippen LogP contribution is -2.12. The molecule has 0 aliphatic carbocycles. The predicted octanol–water partition coefficient (Wildman–Crippen LogP) is 4.15. The molecule has 1 N–H and O–H groups in total. The second kappa shape index (κ2) is 6.96. The highest BCUT2D eigenvalue weighted by Crippen LogP contribution is 2.18. The zero-order chi connectivity index (χ0) is 17.2. The van der Waals surface area contributed by atoms with Crippen LogP contribution in [0.25, 0.3) is 0 Å². The fourth-order valence-electron chi connectivity index (χ4n) is 2.11. The van der Waals surface area contributed by atoms with E-state index in [0.717, 1.165) is 10.0 Å². The van der Waals surface area contributed by atoms with Crippen molar-refractivity contribution < 1.29 is 8.42 Å². The monoisotopic (exact) mass is 425 g/mol. The average molecular weight is 427 g/mol. The minimum absolute atomic E-state index is 0.191. The average Bonchev–Trinajstić information content (AvgIpc) is 2.96. The first-order valence-corrected chi connectivity index (χ1v) is 9.63. The molecular formula is C16H13BrClN3O2S. The van der Waals surface area contributed by atoms with Crippen molar-refractivity contribution in [1.82, 2.24) is 9.78 Å². The number of rotatable bonds is 5. The fraction of sp³-hybridized carbons (Fsp3) is 0.0625. The minimum atomic E-state index is -3.64. The van der Waals surface area contributed by atoms with Gasteiger partial charge in [-0.25, -0.2) is 8.42 Å². The van der Waals surface area contributed by atoms with E-state index in [-0.39, 0.29) is 4.90 Å². The molecule has 3 rings (SSSR count). The summed E-state index contributed by atoms with van der Waals surface area (Å²) in [6.45, 7) is 0.525. The lowest BCUT2D eigenvalue weighted by atomic mass is 10.2. The summed E-state index contributed by atoms with van der Waals surface area (Å²) >= 11 is 9.14. The van der Waals surface area contributed by atoms with Crippen LogP contribution in [0, 0.1) is 0 Å².